The molecule has 0 unspecified atom stereocenters. The Kier molecular flexibility index (Phi) is 4.18. The minimum atomic E-state index is -0.700. The molecule has 0 bridgehead atoms. The molecule has 2 heteroatoms. The fourth-order valence-electron chi connectivity index (χ4n) is 1.79. The Hall–Kier alpha value is -0.530. The van der Waals surface area contributed by atoms with Crippen LogP contribution in [0.3, 0.4) is 0 Å². The van der Waals surface area contributed by atoms with E-state index in [1.165, 1.54) is 0 Å². The van der Waals surface area contributed by atoms with Crippen LogP contribution in [0.1, 0.15) is 44.7 Å². The summed E-state index contributed by atoms with van der Waals surface area (Å²) in [6.45, 7) is 6.08. The van der Waals surface area contributed by atoms with Gasteiger partial charge in [0.2, 0.25) is 0 Å². The van der Waals surface area contributed by atoms with E-state index in [4.69, 9.17) is 11.6 Å². The van der Waals surface area contributed by atoms with E-state index in [1.54, 1.807) is 0 Å². The molecule has 1 aromatic carbocycles. The average Bonchev–Trinajstić information content (AvgIpc) is 2.28. The molecule has 0 aliphatic heterocycles. The molecule has 0 spiro atoms. The first-order chi connectivity index (χ1) is 7.07. The summed E-state index contributed by atoms with van der Waals surface area (Å²) < 4.78 is 0. The Morgan fingerprint density at radius 1 is 1.20 bits per heavy atom. The lowest BCUT2D eigenvalue weighted by molar-refractivity contribution is 0.0283. The Morgan fingerprint density at radius 2 is 1.80 bits per heavy atom. The Bertz CT molecular complexity index is 329. The van der Waals surface area contributed by atoms with Gasteiger partial charge in [0.25, 0.3) is 0 Å². The monoisotopic (exact) mass is 226 g/mol. The number of hydrogen-bond acceptors (Lipinski definition) is 1. The maximum Gasteiger partial charge on any atom is 0.0891 e. The van der Waals surface area contributed by atoms with E-state index >= 15 is 0 Å². The molecule has 0 aromatic heterocycles. The number of aryl methyl sites for hydroxylation is 1. The minimum Gasteiger partial charge on any atom is -0.385 e. The zero-order valence-electron chi connectivity index (χ0n) is 9.68. The van der Waals surface area contributed by atoms with Gasteiger partial charge in [-0.2, -0.15) is 0 Å². The van der Waals surface area contributed by atoms with Crippen LogP contribution in [0.5, 0.6) is 0 Å². The second-order valence-corrected chi connectivity index (χ2v) is 4.31. The zero-order valence-corrected chi connectivity index (χ0v) is 10.4. The van der Waals surface area contributed by atoms with Crippen molar-refractivity contribution in [2.45, 2.75) is 45.6 Å². The molecule has 15 heavy (non-hydrogen) atoms. The Labute approximate surface area is 97.1 Å². The van der Waals surface area contributed by atoms with Gasteiger partial charge in [0.05, 0.1) is 5.60 Å². The Morgan fingerprint density at radius 3 is 2.27 bits per heavy atom. The van der Waals surface area contributed by atoms with E-state index in [0.717, 1.165) is 35.4 Å². The van der Waals surface area contributed by atoms with Crippen LogP contribution in [0.25, 0.3) is 0 Å². The van der Waals surface area contributed by atoms with E-state index in [-0.39, 0.29) is 0 Å². The quantitative estimate of drug-likeness (QED) is 0.826. The predicted octanol–water partition coefficient (Wildman–Crippen LogP) is 3.91. The van der Waals surface area contributed by atoms with Crippen molar-refractivity contribution in [2.24, 2.45) is 0 Å². The zero-order chi connectivity index (χ0) is 11.5. The standard InChI is InChI=1S/C13H19ClO/c1-4-10-9-11(7-8-12(10)14)13(15,5-2)6-3/h7-9,15H,4-6H2,1-3H3. The lowest BCUT2D eigenvalue weighted by atomic mass is 9.87. The topological polar surface area (TPSA) is 20.2 Å². The smallest absolute Gasteiger partial charge is 0.0891 e. The fourth-order valence-corrected chi connectivity index (χ4v) is 2.04. The SMILES string of the molecule is CCc1cc(C(O)(CC)CC)ccc1Cl. The molecule has 0 heterocycles. The van der Waals surface area contributed by atoms with Crippen LogP contribution in [0, 0.1) is 0 Å². The number of aliphatic hydroxyl groups is 1. The Balaban J connectivity index is 3.15. The van der Waals surface area contributed by atoms with Gasteiger partial charge in [0.1, 0.15) is 0 Å². The highest BCUT2D eigenvalue weighted by Crippen LogP contribution is 2.31. The van der Waals surface area contributed by atoms with Crippen molar-refractivity contribution in [1.29, 1.82) is 0 Å². The first-order valence-electron chi connectivity index (χ1n) is 5.58. The molecule has 1 N–H and O–H groups in total. The molecule has 1 aromatic rings. The van der Waals surface area contributed by atoms with Crippen LogP contribution in [0.2, 0.25) is 5.02 Å². The third-order valence-corrected chi connectivity index (χ3v) is 3.50. The summed E-state index contributed by atoms with van der Waals surface area (Å²) in [6.07, 6.45) is 2.36. The molecular formula is C13H19ClO. The number of hydrogen-bond donors (Lipinski definition) is 1. The summed E-state index contributed by atoms with van der Waals surface area (Å²) in [5.74, 6) is 0. The van der Waals surface area contributed by atoms with Crippen molar-refractivity contribution >= 4 is 11.6 Å². The lowest BCUT2D eigenvalue weighted by Gasteiger charge is -2.26. The van der Waals surface area contributed by atoms with Crippen LogP contribution in [0.15, 0.2) is 18.2 Å². The van der Waals surface area contributed by atoms with Gasteiger partial charge >= 0.3 is 0 Å². The van der Waals surface area contributed by atoms with E-state index in [9.17, 15) is 5.11 Å². The first kappa shape index (κ1) is 12.5. The first-order valence-corrected chi connectivity index (χ1v) is 5.96. The lowest BCUT2D eigenvalue weighted by Crippen LogP contribution is -2.23. The van der Waals surface area contributed by atoms with Crippen molar-refractivity contribution in [3.63, 3.8) is 0 Å². The molecule has 0 aliphatic carbocycles. The molecular weight excluding hydrogens is 208 g/mol. The van der Waals surface area contributed by atoms with Crippen molar-refractivity contribution in [3.05, 3.63) is 34.3 Å². The molecule has 1 rings (SSSR count). The minimum absolute atomic E-state index is 0.700. The van der Waals surface area contributed by atoms with Crippen LogP contribution < -0.4 is 0 Å². The van der Waals surface area contributed by atoms with Crippen LogP contribution in [-0.2, 0) is 12.0 Å². The molecule has 0 aliphatic rings. The van der Waals surface area contributed by atoms with Gasteiger partial charge in [-0.25, -0.2) is 0 Å². The summed E-state index contributed by atoms with van der Waals surface area (Å²) in [4.78, 5) is 0. The van der Waals surface area contributed by atoms with Gasteiger partial charge in [0, 0.05) is 5.02 Å². The highest BCUT2D eigenvalue weighted by Gasteiger charge is 2.24. The second-order valence-electron chi connectivity index (χ2n) is 3.90. The van der Waals surface area contributed by atoms with E-state index < -0.39 is 5.60 Å². The van der Waals surface area contributed by atoms with Crippen LogP contribution in [0.4, 0.5) is 0 Å². The van der Waals surface area contributed by atoms with E-state index in [0.29, 0.717) is 0 Å². The summed E-state index contributed by atoms with van der Waals surface area (Å²) in [6, 6.07) is 5.83. The highest BCUT2D eigenvalue weighted by molar-refractivity contribution is 6.31. The molecule has 0 saturated carbocycles. The molecule has 0 amide bonds. The van der Waals surface area contributed by atoms with E-state index in [1.807, 2.05) is 32.0 Å². The number of halogens is 1. The van der Waals surface area contributed by atoms with Crippen molar-refractivity contribution in [1.82, 2.24) is 0 Å². The molecule has 0 radical (unpaired) electrons. The van der Waals surface area contributed by atoms with Crippen molar-refractivity contribution < 1.29 is 5.11 Å². The summed E-state index contributed by atoms with van der Waals surface area (Å²) in [5.41, 5.74) is 1.39. The summed E-state index contributed by atoms with van der Waals surface area (Å²) in [5, 5.41) is 11.2. The van der Waals surface area contributed by atoms with Crippen LogP contribution in [-0.4, -0.2) is 5.11 Å². The normalized spacial score (nSPS) is 11.8. The molecule has 1 nitrogen and oxygen atoms in total. The van der Waals surface area contributed by atoms with Crippen molar-refractivity contribution in [3.8, 4) is 0 Å². The molecule has 84 valence electrons. The third kappa shape index (κ3) is 2.53. The van der Waals surface area contributed by atoms with Gasteiger partial charge in [0.15, 0.2) is 0 Å². The van der Waals surface area contributed by atoms with Gasteiger partial charge in [-0.05, 0) is 36.5 Å². The largest absolute Gasteiger partial charge is 0.385 e. The highest BCUT2D eigenvalue weighted by atomic mass is 35.5. The second kappa shape index (κ2) is 5.00. The molecule has 0 fully saturated rings. The summed E-state index contributed by atoms with van der Waals surface area (Å²) >= 11 is 6.05. The third-order valence-electron chi connectivity index (χ3n) is 3.13. The number of benzene rings is 1. The van der Waals surface area contributed by atoms with Gasteiger partial charge in [-0.3, -0.25) is 0 Å². The van der Waals surface area contributed by atoms with E-state index in [2.05, 4.69) is 6.92 Å². The van der Waals surface area contributed by atoms with Gasteiger partial charge < -0.3 is 5.11 Å². The fraction of sp³-hybridized carbons (Fsp3) is 0.538. The molecule has 0 atom stereocenters. The van der Waals surface area contributed by atoms with Gasteiger partial charge in [-0.1, -0.05) is 44.5 Å². The maximum atomic E-state index is 10.4. The number of rotatable bonds is 4. The predicted molar refractivity (Wildman–Crippen MR) is 65.3 cm³/mol. The average molecular weight is 227 g/mol. The van der Waals surface area contributed by atoms with Gasteiger partial charge in [-0.15, -0.1) is 0 Å². The van der Waals surface area contributed by atoms with Crippen LogP contribution >= 0.6 is 11.6 Å². The maximum absolute atomic E-state index is 10.4. The van der Waals surface area contributed by atoms with Crippen molar-refractivity contribution in [2.75, 3.05) is 0 Å². The molecule has 0 saturated heterocycles. The summed E-state index contributed by atoms with van der Waals surface area (Å²) in [7, 11) is 0.